The van der Waals surface area contributed by atoms with Crippen molar-refractivity contribution in [2.75, 3.05) is 23.4 Å². The molecule has 0 saturated carbocycles. The second kappa shape index (κ2) is 6.14. The molecule has 0 bridgehead atoms. The average Bonchev–Trinajstić information content (AvgIpc) is 2.20. The number of pyridine rings is 1. The number of hydrogen-bond acceptors (Lipinski definition) is 3. The van der Waals surface area contributed by atoms with Gasteiger partial charge in [0.2, 0.25) is 0 Å². The molecule has 0 amide bonds. The van der Waals surface area contributed by atoms with Crippen LogP contribution in [0.3, 0.4) is 0 Å². The van der Waals surface area contributed by atoms with E-state index < -0.39 is 10.8 Å². The quantitative estimate of drug-likeness (QED) is 0.895. The molecule has 0 aliphatic heterocycles. The standard InChI is InChI=1S/C9H13BrN2OS/c1-2-14(13)7-6-12-9-8(10)4-3-5-11-9/h3-5H,2,6-7H2,1H3,(H,11,12). The molecule has 0 saturated heterocycles. The second-order valence-electron chi connectivity index (χ2n) is 2.69. The smallest absolute Gasteiger partial charge is 0.140 e. The van der Waals surface area contributed by atoms with Crippen LogP contribution in [-0.2, 0) is 10.8 Å². The predicted octanol–water partition coefficient (Wildman–Crippen LogP) is 2.02. The van der Waals surface area contributed by atoms with E-state index in [0.29, 0.717) is 18.1 Å². The van der Waals surface area contributed by atoms with Gasteiger partial charge in [-0.2, -0.15) is 0 Å². The summed E-state index contributed by atoms with van der Waals surface area (Å²) in [6, 6.07) is 3.78. The summed E-state index contributed by atoms with van der Waals surface area (Å²) in [5, 5.41) is 3.13. The Labute approximate surface area is 94.9 Å². The highest BCUT2D eigenvalue weighted by atomic mass is 79.9. The summed E-state index contributed by atoms with van der Waals surface area (Å²) in [5.74, 6) is 2.19. The minimum atomic E-state index is -0.713. The highest BCUT2D eigenvalue weighted by Crippen LogP contribution is 2.17. The summed E-state index contributed by atoms with van der Waals surface area (Å²) in [7, 11) is -0.713. The SMILES string of the molecule is CCS(=O)CCNc1ncccc1Br. The van der Waals surface area contributed by atoms with E-state index in [2.05, 4.69) is 26.2 Å². The Kier molecular flexibility index (Phi) is 5.11. The number of rotatable bonds is 5. The molecule has 1 N–H and O–H groups in total. The number of aromatic nitrogens is 1. The lowest BCUT2D eigenvalue weighted by molar-refractivity contribution is 0.684. The van der Waals surface area contributed by atoms with Crippen LogP contribution in [0.1, 0.15) is 6.92 Å². The summed E-state index contributed by atoms with van der Waals surface area (Å²) in [6.45, 7) is 2.61. The molecule has 1 aromatic rings. The van der Waals surface area contributed by atoms with Gasteiger partial charge in [-0.15, -0.1) is 0 Å². The molecule has 0 fully saturated rings. The Morgan fingerprint density at radius 2 is 2.43 bits per heavy atom. The highest BCUT2D eigenvalue weighted by molar-refractivity contribution is 9.10. The van der Waals surface area contributed by atoms with E-state index in [4.69, 9.17) is 0 Å². The third-order valence-corrected chi connectivity index (χ3v) is 3.65. The van der Waals surface area contributed by atoms with Crippen molar-refractivity contribution in [1.29, 1.82) is 0 Å². The molecule has 1 aromatic heterocycles. The number of nitrogens with zero attached hydrogens (tertiary/aromatic N) is 1. The lowest BCUT2D eigenvalue weighted by Gasteiger charge is -2.05. The molecule has 14 heavy (non-hydrogen) atoms. The van der Waals surface area contributed by atoms with E-state index in [1.807, 2.05) is 19.1 Å². The molecular formula is C9H13BrN2OS. The molecule has 5 heteroatoms. The van der Waals surface area contributed by atoms with Crippen LogP contribution in [0.5, 0.6) is 0 Å². The van der Waals surface area contributed by atoms with Crippen molar-refractivity contribution in [3.63, 3.8) is 0 Å². The minimum absolute atomic E-state index is 0.666. The van der Waals surface area contributed by atoms with Crippen molar-refractivity contribution < 1.29 is 4.21 Å². The predicted molar refractivity (Wildman–Crippen MR) is 64.0 cm³/mol. The molecule has 0 aliphatic carbocycles. The summed E-state index contributed by atoms with van der Waals surface area (Å²) in [6.07, 6.45) is 1.73. The van der Waals surface area contributed by atoms with Gasteiger partial charge in [0.05, 0.1) is 4.47 Å². The fourth-order valence-corrected chi connectivity index (χ4v) is 1.96. The topological polar surface area (TPSA) is 42.0 Å². The Morgan fingerprint density at radius 1 is 1.64 bits per heavy atom. The maximum Gasteiger partial charge on any atom is 0.140 e. The van der Waals surface area contributed by atoms with Gasteiger partial charge in [0, 0.05) is 35.0 Å². The van der Waals surface area contributed by atoms with Crippen LogP contribution in [0.2, 0.25) is 0 Å². The summed E-state index contributed by atoms with van der Waals surface area (Å²) in [5.41, 5.74) is 0. The molecule has 1 heterocycles. The summed E-state index contributed by atoms with van der Waals surface area (Å²) >= 11 is 3.38. The summed E-state index contributed by atoms with van der Waals surface area (Å²) in [4.78, 5) is 4.14. The van der Waals surface area contributed by atoms with Crippen LogP contribution < -0.4 is 5.32 Å². The van der Waals surface area contributed by atoms with Crippen LogP contribution >= 0.6 is 15.9 Å². The van der Waals surface area contributed by atoms with Crippen LogP contribution in [0.25, 0.3) is 0 Å². The van der Waals surface area contributed by atoms with E-state index in [0.717, 1.165) is 10.3 Å². The van der Waals surface area contributed by atoms with Crippen LogP contribution in [-0.4, -0.2) is 27.2 Å². The molecule has 1 rings (SSSR count). The lowest BCUT2D eigenvalue weighted by Crippen LogP contribution is -2.12. The van der Waals surface area contributed by atoms with Gasteiger partial charge in [0.15, 0.2) is 0 Å². The highest BCUT2D eigenvalue weighted by Gasteiger charge is 1.99. The van der Waals surface area contributed by atoms with E-state index in [1.165, 1.54) is 0 Å². The van der Waals surface area contributed by atoms with Crippen molar-refractivity contribution in [2.24, 2.45) is 0 Å². The zero-order valence-corrected chi connectivity index (χ0v) is 10.4. The molecule has 78 valence electrons. The monoisotopic (exact) mass is 276 g/mol. The van der Waals surface area contributed by atoms with Crippen LogP contribution in [0, 0.1) is 0 Å². The molecule has 0 aliphatic rings. The lowest BCUT2D eigenvalue weighted by atomic mass is 10.4. The molecule has 1 unspecified atom stereocenters. The fourth-order valence-electron chi connectivity index (χ4n) is 0.943. The van der Waals surface area contributed by atoms with Gasteiger partial charge >= 0.3 is 0 Å². The zero-order valence-electron chi connectivity index (χ0n) is 8.00. The van der Waals surface area contributed by atoms with E-state index in [-0.39, 0.29) is 0 Å². The molecule has 0 spiro atoms. The molecular weight excluding hydrogens is 264 g/mol. The van der Waals surface area contributed by atoms with Crippen molar-refractivity contribution in [3.8, 4) is 0 Å². The van der Waals surface area contributed by atoms with Crippen molar-refractivity contribution in [3.05, 3.63) is 22.8 Å². The van der Waals surface area contributed by atoms with Crippen LogP contribution in [0.15, 0.2) is 22.8 Å². The molecule has 0 radical (unpaired) electrons. The second-order valence-corrected chi connectivity index (χ2v) is 5.41. The third-order valence-electron chi connectivity index (χ3n) is 1.70. The number of hydrogen-bond donors (Lipinski definition) is 1. The first-order valence-corrected chi connectivity index (χ1v) is 6.71. The van der Waals surface area contributed by atoms with Gasteiger partial charge in [0.25, 0.3) is 0 Å². The average molecular weight is 277 g/mol. The van der Waals surface area contributed by atoms with Gasteiger partial charge in [-0.05, 0) is 28.1 Å². The molecule has 3 nitrogen and oxygen atoms in total. The van der Waals surface area contributed by atoms with Gasteiger partial charge in [0.1, 0.15) is 5.82 Å². The van der Waals surface area contributed by atoms with Gasteiger partial charge < -0.3 is 5.32 Å². The van der Waals surface area contributed by atoms with Crippen molar-refractivity contribution >= 4 is 32.5 Å². The third kappa shape index (κ3) is 3.75. The Morgan fingerprint density at radius 3 is 3.07 bits per heavy atom. The number of halogens is 1. The minimum Gasteiger partial charge on any atom is -0.368 e. The number of anilines is 1. The first-order chi connectivity index (χ1) is 6.74. The van der Waals surface area contributed by atoms with Gasteiger partial charge in [-0.3, -0.25) is 4.21 Å². The Hall–Kier alpha value is -0.420. The van der Waals surface area contributed by atoms with Crippen molar-refractivity contribution in [1.82, 2.24) is 4.98 Å². The van der Waals surface area contributed by atoms with E-state index in [1.54, 1.807) is 6.20 Å². The zero-order chi connectivity index (χ0) is 10.4. The number of nitrogens with one attached hydrogen (secondary N) is 1. The Bertz CT molecular complexity index is 319. The van der Waals surface area contributed by atoms with E-state index in [9.17, 15) is 4.21 Å². The van der Waals surface area contributed by atoms with Gasteiger partial charge in [-0.25, -0.2) is 4.98 Å². The first kappa shape index (κ1) is 11.7. The van der Waals surface area contributed by atoms with Crippen LogP contribution in [0.4, 0.5) is 5.82 Å². The normalized spacial score (nSPS) is 12.4. The van der Waals surface area contributed by atoms with Crippen molar-refractivity contribution in [2.45, 2.75) is 6.92 Å². The first-order valence-electron chi connectivity index (χ1n) is 4.43. The molecule has 1 atom stereocenters. The maximum atomic E-state index is 11.1. The summed E-state index contributed by atoms with van der Waals surface area (Å²) < 4.78 is 12.1. The Balaban J connectivity index is 2.39. The van der Waals surface area contributed by atoms with Gasteiger partial charge in [-0.1, -0.05) is 6.92 Å². The maximum absolute atomic E-state index is 11.1. The fraction of sp³-hybridized carbons (Fsp3) is 0.444. The largest absolute Gasteiger partial charge is 0.368 e. The van der Waals surface area contributed by atoms with E-state index >= 15 is 0 Å². The molecule has 0 aromatic carbocycles.